The molecule has 5 rings (SSSR count). The molecule has 38 heavy (non-hydrogen) atoms. The third-order valence-electron chi connectivity index (χ3n) is 7.05. The molecule has 0 aromatic heterocycles. The molecule has 0 spiro atoms. The molecule has 3 aliphatic carbocycles. The van der Waals surface area contributed by atoms with Gasteiger partial charge in [-0.05, 0) is 56.4 Å². The maximum absolute atomic E-state index is 13.8. The number of aliphatic hydroxyl groups is 1. The van der Waals surface area contributed by atoms with Crippen molar-refractivity contribution in [1.29, 1.82) is 0 Å². The summed E-state index contributed by atoms with van der Waals surface area (Å²) in [5, 5.41) is 16.6. The van der Waals surface area contributed by atoms with Crippen LogP contribution in [0, 0.1) is 11.6 Å². The molecular weight excluding hydrogens is 546 g/mol. The number of fused-ring (bicyclic) bond motifs is 3. The standard InChI is InChI=1S/C25H27ClF2N2O7S/c1-38(34,35)20-11-16(3-5-18(20)27)37-13-22(32)29-24-6-8-25(9-7-24,21(31)12-24)30-23(33)14-36-15-2-4-17(26)19(28)10-15/h2-5,10-11,21,31H,6-9,12-14H2,1H3,(H,29,32)(H,30,33)/t21-,24?,25?/m0/s1. The lowest BCUT2D eigenvalue weighted by Crippen LogP contribution is -2.70. The van der Waals surface area contributed by atoms with Gasteiger partial charge in [-0.15, -0.1) is 0 Å². The predicted octanol–water partition coefficient (Wildman–Crippen LogP) is 2.53. The SMILES string of the molecule is CS(=O)(=O)c1cc(OCC(=O)NC23CCC(NC(=O)COc4ccc(Cl)c(F)c4)(CC2)[C@@H](O)C3)ccc1F. The molecule has 2 amide bonds. The molecule has 3 saturated carbocycles. The zero-order valence-corrected chi connectivity index (χ0v) is 22.0. The number of halogens is 3. The van der Waals surface area contributed by atoms with E-state index in [2.05, 4.69) is 10.6 Å². The van der Waals surface area contributed by atoms with Gasteiger partial charge in [0.1, 0.15) is 28.0 Å². The predicted molar refractivity (Wildman–Crippen MR) is 133 cm³/mol. The van der Waals surface area contributed by atoms with Crippen molar-refractivity contribution in [3.63, 3.8) is 0 Å². The summed E-state index contributed by atoms with van der Waals surface area (Å²) in [6.45, 7) is -0.809. The van der Waals surface area contributed by atoms with Crippen LogP contribution in [0.5, 0.6) is 11.5 Å². The molecule has 0 saturated heterocycles. The Labute approximate surface area is 223 Å². The number of carbonyl (C=O) groups is 2. The van der Waals surface area contributed by atoms with Gasteiger partial charge in [0, 0.05) is 23.9 Å². The van der Waals surface area contributed by atoms with E-state index in [0.29, 0.717) is 25.7 Å². The molecule has 3 N–H and O–H groups in total. The second-order valence-electron chi connectivity index (χ2n) is 9.77. The van der Waals surface area contributed by atoms with Crippen molar-refractivity contribution in [2.24, 2.45) is 0 Å². The largest absolute Gasteiger partial charge is 0.484 e. The Morgan fingerprint density at radius 3 is 2.13 bits per heavy atom. The third kappa shape index (κ3) is 6.19. The Hall–Kier alpha value is -2.96. The van der Waals surface area contributed by atoms with Crippen LogP contribution in [-0.4, -0.2) is 62.0 Å². The number of rotatable bonds is 9. The van der Waals surface area contributed by atoms with E-state index in [9.17, 15) is 31.9 Å². The topological polar surface area (TPSA) is 131 Å². The zero-order chi connectivity index (χ0) is 27.7. The van der Waals surface area contributed by atoms with Gasteiger partial charge < -0.3 is 25.2 Å². The smallest absolute Gasteiger partial charge is 0.258 e. The number of carbonyl (C=O) groups excluding carboxylic acids is 2. The van der Waals surface area contributed by atoms with E-state index in [1.54, 1.807) is 0 Å². The van der Waals surface area contributed by atoms with Gasteiger partial charge in [0.05, 0.1) is 16.7 Å². The molecule has 0 heterocycles. The monoisotopic (exact) mass is 572 g/mol. The first-order valence-corrected chi connectivity index (χ1v) is 14.1. The Balaban J connectivity index is 1.29. The highest BCUT2D eigenvalue weighted by molar-refractivity contribution is 7.90. The molecule has 9 nitrogen and oxygen atoms in total. The summed E-state index contributed by atoms with van der Waals surface area (Å²) in [7, 11) is -3.81. The molecule has 0 aliphatic heterocycles. The van der Waals surface area contributed by atoms with E-state index in [-0.39, 0.29) is 29.5 Å². The number of aliphatic hydroxyl groups excluding tert-OH is 1. The molecular formula is C25H27ClF2N2O7S. The van der Waals surface area contributed by atoms with Crippen molar-refractivity contribution in [3.05, 3.63) is 53.1 Å². The minimum Gasteiger partial charge on any atom is -0.484 e. The number of sulfone groups is 1. The average Bonchev–Trinajstić information content (AvgIpc) is 2.84. The van der Waals surface area contributed by atoms with Gasteiger partial charge in [-0.3, -0.25) is 9.59 Å². The number of benzene rings is 2. The van der Waals surface area contributed by atoms with E-state index in [0.717, 1.165) is 24.5 Å². The minimum absolute atomic E-state index is 0.0251. The summed E-state index contributed by atoms with van der Waals surface area (Å²) in [5.41, 5.74) is -1.56. The first-order chi connectivity index (χ1) is 17.8. The highest BCUT2D eigenvalue weighted by atomic mass is 35.5. The number of hydrogen-bond donors (Lipinski definition) is 3. The fourth-order valence-electron chi connectivity index (χ4n) is 5.03. The second kappa shape index (κ2) is 10.7. The molecule has 0 radical (unpaired) electrons. The van der Waals surface area contributed by atoms with Gasteiger partial charge in [-0.25, -0.2) is 17.2 Å². The number of amides is 2. The van der Waals surface area contributed by atoms with Gasteiger partial charge in [0.15, 0.2) is 23.1 Å². The van der Waals surface area contributed by atoms with Gasteiger partial charge in [-0.2, -0.15) is 0 Å². The summed E-state index contributed by atoms with van der Waals surface area (Å²) in [5.74, 6) is -2.37. The molecule has 3 aliphatic rings. The van der Waals surface area contributed by atoms with E-state index in [1.165, 1.54) is 18.2 Å². The summed E-state index contributed by atoms with van der Waals surface area (Å²) in [6, 6.07) is 7.03. The van der Waals surface area contributed by atoms with Crippen LogP contribution in [0.1, 0.15) is 32.1 Å². The summed E-state index contributed by atoms with van der Waals surface area (Å²) in [4.78, 5) is 24.6. The Morgan fingerprint density at radius 2 is 1.55 bits per heavy atom. The van der Waals surface area contributed by atoms with Crippen molar-refractivity contribution < 1.29 is 41.4 Å². The normalized spacial score (nSPS) is 24.5. The van der Waals surface area contributed by atoms with Gasteiger partial charge in [0.2, 0.25) is 0 Å². The van der Waals surface area contributed by atoms with Crippen molar-refractivity contribution >= 4 is 33.3 Å². The third-order valence-corrected chi connectivity index (χ3v) is 8.47. The molecule has 2 bridgehead atoms. The van der Waals surface area contributed by atoms with Crippen LogP contribution in [0.3, 0.4) is 0 Å². The molecule has 0 unspecified atom stereocenters. The molecule has 206 valence electrons. The van der Waals surface area contributed by atoms with Crippen LogP contribution in [0.25, 0.3) is 0 Å². The van der Waals surface area contributed by atoms with Crippen LogP contribution < -0.4 is 20.1 Å². The maximum atomic E-state index is 13.8. The van der Waals surface area contributed by atoms with Gasteiger partial charge >= 0.3 is 0 Å². The molecule has 13 heteroatoms. The van der Waals surface area contributed by atoms with E-state index in [1.807, 2.05) is 0 Å². The zero-order valence-electron chi connectivity index (χ0n) is 20.4. The lowest BCUT2D eigenvalue weighted by atomic mass is 9.60. The Bertz CT molecular complexity index is 1350. The lowest BCUT2D eigenvalue weighted by Gasteiger charge is -2.56. The number of ether oxygens (including phenoxy) is 2. The highest BCUT2D eigenvalue weighted by Crippen LogP contribution is 2.47. The minimum atomic E-state index is -3.81. The highest BCUT2D eigenvalue weighted by Gasteiger charge is 2.55. The average molecular weight is 573 g/mol. The van der Waals surface area contributed by atoms with E-state index >= 15 is 0 Å². The van der Waals surface area contributed by atoms with Crippen LogP contribution in [0.2, 0.25) is 5.02 Å². The Kier molecular flexibility index (Phi) is 7.87. The van der Waals surface area contributed by atoms with Gasteiger partial charge in [0.25, 0.3) is 11.8 Å². The molecule has 3 fully saturated rings. The fraction of sp³-hybridized carbons (Fsp3) is 0.440. The van der Waals surface area contributed by atoms with Crippen molar-refractivity contribution in [3.8, 4) is 11.5 Å². The summed E-state index contributed by atoms with van der Waals surface area (Å²) in [6.07, 6.45) is 1.95. The van der Waals surface area contributed by atoms with Crippen LogP contribution in [0.4, 0.5) is 8.78 Å². The van der Waals surface area contributed by atoms with Crippen molar-refractivity contribution in [1.82, 2.24) is 10.6 Å². The van der Waals surface area contributed by atoms with Crippen LogP contribution in [0.15, 0.2) is 41.3 Å². The van der Waals surface area contributed by atoms with E-state index < -0.39 is 62.0 Å². The molecule has 2 aromatic carbocycles. The second-order valence-corrected chi connectivity index (χ2v) is 12.2. The maximum Gasteiger partial charge on any atom is 0.258 e. The number of hydrogen-bond acceptors (Lipinski definition) is 7. The number of nitrogens with one attached hydrogen (secondary N) is 2. The van der Waals surface area contributed by atoms with Crippen molar-refractivity contribution in [2.75, 3.05) is 19.5 Å². The Morgan fingerprint density at radius 1 is 0.974 bits per heavy atom. The van der Waals surface area contributed by atoms with E-state index in [4.69, 9.17) is 21.1 Å². The first kappa shape index (κ1) is 28.1. The summed E-state index contributed by atoms with van der Waals surface area (Å²) >= 11 is 5.64. The van der Waals surface area contributed by atoms with Crippen LogP contribution >= 0.6 is 11.6 Å². The summed E-state index contributed by atoms with van der Waals surface area (Å²) < 4.78 is 61.4. The van der Waals surface area contributed by atoms with Crippen molar-refractivity contribution in [2.45, 2.75) is 54.2 Å². The van der Waals surface area contributed by atoms with Gasteiger partial charge in [-0.1, -0.05) is 11.6 Å². The molecule has 1 atom stereocenters. The quantitative estimate of drug-likeness (QED) is 0.421. The lowest BCUT2D eigenvalue weighted by molar-refractivity contribution is -0.137. The first-order valence-electron chi connectivity index (χ1n) is 11.8. The fourth-order valence-corrected chi connectivity index (χ4v) is 5.90. The molecule has 2 aromatic rings. The van der Waals surface area contributed by atoms with Crippen LogP contribution in [-0.2, 0) is 19.4 Å².